The van der Waals surface area contributed by atoms with Gasteiger partial charge in [0.25, 0.3) is 0 Å². The first-order valence-electron chi connectivity index (χ1n) is 7.22. The van der Waals surface area contributed by atoms with Gasteiger partial charge in [-0.2, -0.15) is 4.80 Å². The minimum absolute atomic E-state index is 0.535. The van der Waals surface area contributed by atoms with E-state index in [0.29, 0.717) is 6.54 Å². The molecule has 4 nitrogen and oxygen atoms in total. The van der Waals surface area contributed by atoms with Crippen LogP contribution in [0.1, 0.15) is 64.1 Å². The van der Waals surface area contributed by atoms with Gasteiger partial charge in [-0.15, -0.1) is 10.2 Å². The molecule has 5 heteroatoms. The van der Waals surface area contributed by atoms with Crippen LogP contribution in [0.15, 0.2) is 0 Å². The lowest BCUT2D eigenvalue weighted by atomic mass is 10.1. The van der Waals surface area contributed by atoms with Crippen LogP contribution >= 0.6 is 22.6 Å². The Balaban J connectivity index is 2.02. The Kier molecular flexibility index (Phi) is 9.68. The maximum absolute atomic E-state index is 4.29. The summed E-state index contributed by atoms with van der Waals surface area (Å²) in [5.74, 6) is 3.76. The van der Waals surface area contributed by atoms with E-state index in [2.05, 4.69) is 32.2 Å². The molecule has 0 aromatic carbocycles. The lowest BCUT2D eigenvalue weighted by Crippen LogP contribution is -2.00. The molecule has 0 atom stereocenters. The second-order valence-corrected chi connectivity index (χ2v) is 5.27. The molecule has 1 aromatic heterocycles. The monoisotopic (exact) mass is 374 g/mol. The first-order valence-corrected chi connectivity index (χ1v) is 8.30. The molecule has 19 heavy (non-hydrogen) atoms. The summed E-state index contributed by atoms with van der Waals surface area (Å²) >= 11 is 2.01. The summed E-state index contributed by atoms with van der Waals surface area (Å²) in [4.78, 5) is 1.56. The van der Waals surface area contributed by atoms with Crippen molar-refractivity contribution in [1.29, 1.82) is 0 Å². The second kappa shape index (κ2) is 11.2. The van der Waals surface area contributed by atoms with Gasteiger partial charge in [0.15, 0.2) is 5.82 Å². The van der Waals surface area contributed by atoms with Crippen LogP contribution in [0.2, 0.25) is 0 Å². The Labute approximate surface area is 129 Å². The molecule has 1 rings (SSSR count). The van der Waals surface area contributed by atoms with Gasteiger partial charge >= 0.3 is 0 Å². The van der Waals surface area contributed by atoms with E-state index in [9.17, 15) is 0 Å². The molecule has 106 valence electrons. The van der Waals surface area contributed by atoms with Crippen molar-refractivity contribution in [3.8, 4) is 9.85 Å². The van der Waals surface area contributed by atoms with Gasteiger partial charge in [-0.05, 0) is 15.6 Å². The van der Waals surface area contributed by atoms with E-state index in [4.69, 9.17) is 0 Å². The molecule has 0 radical (unpaired) electrons. The Morgan fingerprint density at radius 1 is 1.05 bits per heavy atom. The lowest BCUT2D eigenvalue weighted by molar-refractivity contribution is 0.568. The van der Waals surface area contributed by atoms with Crippen molar-refractivity contribution in [1.82, 2.24) is 20.2 Å². The molecule has 0 aliphatic heterocycles. The average Bonchev–Trinajstić information content (AvgIpc) is 2.87. The summed E-state index contributed by atoms with van der Waals surface area (Å²) in [6, 6.07) is 0. The molecule has 0 fully saturated rings. The van der Waals surface area contributed by atoms with E-state index >= 15 is 0 Å². The first kappa shape index (κ1) is 16.4. The predicted octanol–water partition coefficient (Wildman–Crippen LogP) is 3.75. The molecule has 0 amide bonds. The molecule has 0 saturated carbocycles. The van der Waals surface area contributed by atoms with Crippen LogP contribution in [-0.4, -0.2) is 20.2 Å². The number of nitrogens with zero attached hydrogens (tertiary/aromatic N) is 4. The molecule has 0 aliphatic rings. The minimum atomic E-state index is 0.535. The normalized spacial score (nSPS) is 10.2. The molecule has 0 spiro atoms. The van der Waals surface area contributed by atoms with Gasteiger partial charge < -0.3 is 0 Å². The maximum Gasteiger partial charge on any atom is 0.174 e. The van der Waals surface area contributed by atoms with Crippen molar-refractivity contribution in [2.45, 2.75) is 71.3 Å². The fourth-order valence-corrected chi connectivity index (χ4v) is 2.13. The van der Waals surface area contributed by atoms with Gasteiger partial charge in [-0.25, -0.2) is 0 Å². The van der Waals surface area contributed by atoms with E-state index in [0.717, 1.165) is 18.7 Å². The molecular weight excluding hydrogens is 351 g/mol. The Hall–Kier alpha value is -0.640. The maximum atomic E-state index is 4.29. The van der Waals surface area contributed by atoms with Crippen LogP contribution in [0.3, 0.4) is 0 Å². The van der Waals surface area contributed by atoms with Crippen LogP contribution < -0.4 is 0 Å². The minimum Gasteiger partial charge on any atom is -0.152 e. The Morgan fingerprint density at radius 3 is 2.42 bits per heavy atom. The van der Waals surface area contributed by atoms with E-state index in [1.165, 1.54) is 44.9 Å². The number of unbranched alkanes of at least 4 members (excludes halogenated alkanes) is 7. The number of aromatic nitrogens is 4. The predicted molar refractivity (Wildman–Crippen MR) is 85.9 cm³/mol. The molecular formula is C14H23IN4. The van der Waals surface area contributed by atoms with Crippen molar-refractivity contribution in [3.05, 3.63) is 5.82 Å². The highest BCUT2D eigenvalue weighted by molar-refractivity contribution is 14.1. The van der Waals surface area contributed by atoms with Crippen molar-refractivity contribution >= 4 is 22.6 Å². The third kappa shape index (κ3) is 8.19. The molecule has 0 saturated heterocycles. The van der Waals surface area contributed by atoms with Gasteiger partial charge in [0.2, 0.25) is 0 Å². The number of rotatable bonds is 10. The van der Waals surface area contributed by atoms with Gasteiger partial charge in [-0.3, -0.25) is 0 Å². The zero-order valence-corrected chi connectivity index (χ0v) is 13.9. The van der Waals surface area contributed by atoms with E-state index in [1.54, 1.807) is 4.80 Å². The SMILES string of the molecule is CCCCCCCCCCc1nnn(CC#CI)n1. The molecule has 0 bridgehead atoms. The molecule has 1 heterocycles. The van der Waals surface area contributed by atoms with Crippen LogP contribution in [0.25, 0.3) is 0 Å². The molecule has 0 N–H and O–H groups in total. The standard InChI is InChI=1S/C14H23IN4/c1-2-3-4-5-6-7-8-9-11-14-16-18-19(17-14)13-10-12-15/h2-9,11,13H2,1H3. The fourth-order valence-electron chi connectivity index (χ4n) is 1.96. The van der Waals surface area contributed by atoms with E-state index in [1.807, 2.05) is 22.6 Å². The number of aryl methyl sites for hydroxylation is 1. The smallest absolute Gasteiger partial charge is 0.152 e. The summed E-state index contributed by atoms with van der Waals surface area (Å²) < 4.78 is 2.80. The van der Waals surface area contributed by atoms with Gasteiger partial charge in [0, 0.05) is 29.0 Å². The highest BCUT2D eigenvalue weighted by Gasteiger charge is 2.01. The van der Waals surface area contributed by atoms with Crippen molar-refractivity contribution in [3.63, 3.8) is 0 Å². The van der Waals surface area contributed by atoms with Crippen LogP contribution in [0.5, 0.6) is 0 Å². The third-order valence-corrected chi connectivity index (χ3v) is 3.42. The first-order chi connectivity index (χ1) is 9.36. The highest BCUT2D eigenvalue weighted by atomic mass is 127. The quantitative estimate of drug-likeness (QED) is 0.356. The highest BCUT2D eigenvalue weighted by Crippen LogP contribution is 2.09. The molecule has 1 aromatic rings. The zero-order valence-electron chi connectivity index (χ0n) is 11.7. The van der Waals surface area contributed by atoms with Crippen molar-refractivity contribution in [2.24, 2.45) is 0 Å². The summed E-state index contributed by atoms with van der Waals surface area (Å²) in [6.07, 6.45) is 11.6. The van der Waals surface area contributed by atoms with Crippen LogP contribution in [0, 0.1) is 9.85 Å². The molecule has 0 unspecified atom stereocenters. The van der Waals surface area contributed by atoms with Gasteiger partial charge in [0.05, 0.1) is 0 Å². The number of hydrogen-bond acceptors (Lipinski definition) is 3. The van der Waals surface area contributed by atoms with E-state index < -0.39 is 0 Å². The second-order valence-electron chi connectivity index (χ2n) is 4.73. The zero-order chi connectivity index (χ0) is 13.8. The summed E-state index contributed by atoms with van der Waals surface area (Å²) in [5.41, 5.74) is 0. The van der Waals surface area contributed by atoms with Crippen LogP contribution in [0.4, 0.5) is 0 Å². The van der Waals surface area contributed by atoms with Crippen molar-refractivity contribution < 1.29 is 0 Å². The Bertz CT molecular complexity index is 392. The van der Waals surface area contributed by atoms with Gasteiger partial charge in [-0.1, -0.05) is 57.8 Å². The number of hydrogen-bond donors (Lipinski definition) is 0. The fraction of sp³-hybridized carbons (Fsp3) is 0.786. The largest absolute Gasteiger partial charge is 0.174 e. The topological polar surface area (TPSA) is 43.6 Å². The van der Waals surface area contributed by atoms with Gasteiger partial charge in [0.1, 0.15) is 6.54 Å². The summed E-state index contributed by atoms with van der Waals surface area (Å²) in [7, 11) is 0. The Morgan fingerprint density at radius 2 is 1.74 bits per heavy atom. The lowest BCUT2D eigenvalue weighted by Gasteiger charge is -1.99. The summed E-state index contributed by atoms with van der Waals surface area (Å²) in [6.45, 7) is 2.79. The number of tetrazole rings is 1. The number of halogens is 1. The third-order valence-electron chi connectivity index (χ3n) is 3.04. The van der Waals surface area contributed by atoms with Crippen LogP contribution in [-0.2, 0) is 13.0 Å². The molecule has 0 aliphatic carbocycles. The van der Waals surface area contributed by atoms with Crippen molar-refractivity contribution in [2.75, 3.05) is 0 Å². The average molecular weight is 374 g/mol. The summed E-state index contributed by atoms with van der Waals surface area (Å²) in [5, 5.41) is 12.3. The van der Waals surface area contributed by atoms with E-state index in [-0.39, 0.29) is 0 Å².